The molecular weight excluding hydrogens is 372 g/mol. The van der Waals surface area contributed by atoms with Gasteiger partial charge in [0.2, 0.25) is 0 Å². The summed E-state index contributed by atoms with van der Waals surface area (Å²) in [5.41, 5.74) is -0.401. The van der Waals surface area contributed by atoms with Crippen molar-refractivity contribution >= 4 is 11.8 Å². The summed E-state index contributed by atoms with van der Waals surface area (Å²) in [5, 5.41) is 12.2. The summed E-state index contributed by atoms with van der Waals surface area (Å²) in [6.07, 6.45) is 0. The molecule has 1 unspecified atom stereocenters. The van der Waals surface area contributed by atoms with Gasteiger partial charge in [-0.1, -0.05) is 36.4 Å². The highest BCUT2D eigenvalue weighted by molar-refractivity contribution is 5.95. The number of rotatable bonds is 3. The minimum Gasteiger partial charge on any atom is -0.330 e. The van der Waals surface area contributed by atoms with E-state index in [1.165, 1.54) is 4.90 Å². The normalized spacial score (nSPS) is 23.9. The average Bonchev–Trinajstić information content (AvgIpc) is 2.90. The monoisotopic (exact) mass is 394 g/mol. The third-order valence-electron chi connectivity index (χ3n) is 5.55. The lowest BCUT2D eigenvalue weighted by molar-refractivity contribution is -0.572. The Bertz CT molecular complexity index is 871. The van der Waals surface area contributed by atoms with Crippen LogP contribution in [0.4, 0.5) is 0 Å². The van der Waals surface area contributed by atoms with E-state index in [0.717, 1.165) is 0 Å². The molecule has 2 amide bonds. The SMILES string of the molecule is O=C(c1ccccc1)N1CCN2CN(C(=O)c3ccccc3)C[C@]([N+](=O)[O-])(C2)C1. The quantitative estimate of drug-likeness (QED) is 0.583. The van der Waals surface area contributed by atoms with Crippen molar-refractivity contribution in [2.45, 2.75) is 5.54 Å². The summed E-state index contributed by atoms with van der Waals surface area (Å²) in [6, 6.07) is 17.6. The van der Waals surface area contributed by atoms with Crippen molar-refractivity contribution in [2.24, 2.45) is 0 Å². The van der Waals surface area contributed by atoms with E-state index in [2.05, 4.69) is 0 Å². The first-order valence-electron chi connectivity index (χ1n) is 9.54. The molecule has 2 fully saturated rings. The number of carbonyl (C=O) groups is 2. The highest BCUT2D eigenvalue weighted by atomic mass is 16.6. The zero-order valence-electron chi connectivity index (χ0n) is 15.9. The van der Waals surface area contributed by atoms with Gasteiger partial charge in [-0.15, -0.1) is 0 Å². The number of hydrogen-bond acceptors (Lipinski definition) is 5. The van der Waals surface area contributed by atoms with Crippen LogP contribution in [0.25, 0.3) is 0 Å². The van der Waals surface area contributed by atoms with Gasteiger partial charge >= 0.3 is 0 Å². The molecule has 8 nitrogen and oxygen atoms in total. The third kappa shape index (κ3) is 3.71. The van der Waals surface area contributed by atoms with Crippen LogP contribution >= 0.6 is 0 Å². The summed E-state index contributed by atoms with van der Waals surface area (Å²) in [4.78, 5) is 42.7. The molecule has 0 spiro atoms. The van der Waals surface area contributed by atoms with Crippen molar-refractivity contribution in [3.63, 3.8) is 0 Å². The van der Waals surface area contributed by atoms with Gasteiger partial charge < -0.3 is 9.80 Å². The summed E-state index contributed by atoms with van der Waals surface area (Å²) >= 11 is 0. The number of nitrogens with zero attached hydrogens (tertiary/aromatic N) is 4. The molecule has 2 heterocycles. The second-order valence-corrected chi connectivity index (χ2v) is 7.64. The Morgan fingerprint density at radius 1 is 0.793 bits per heavy atom. The van der Waals surface area contributed by atoms with Crippen LogP contribution in [0.1, 0.15) is 20.7 Å². The number of carbonyl (C=O) groups excluding carboxylic acids is 2. The molecule has 2 aromatic rings. The van der Waals surface area contributed by atoms with E-state index >= 15 is 0 Å². The van der Waals surface area contributed by atoms with Gasteiger partial charge in [0.25, 0.3) is 17.4 Å². The minimum atomic E-state index is -1.41. The first kappa shape index (κ1) is 19.1. The maximum absolute atomic E-state index is 12.9. The molecule has 2 aliphatic rings. The number of nitro groups is 1. The average molecular weight is 394 g/mol. The Balaban J connectivity index is 1.61. The zero-order valence-corrected chi connectivity index (χ0v) is 15.9. The Morgan fingerprint density at radius 3 is 1.86 bits per heavy atom. The topological polar surface area (TPSA) is 87.0 Å². The van der Waals surface area contributed by atoms with E-state index in [1.807, 2.05) is 17.0 Å². The van der Waals surface area contributed by atoms with Crippen LogP contribution in [-0.4, -0.2) is 76.4 Å². The van der Waals surface area contributed by atoms with Crippen LogP contribution in [0.2, 0.25) is 0 Å². The molecule has 2 aromatic carbocycles. The van der Waals surface area contributed by atoms with Crippen LogP contribution in [0.15, 0.2) is 60.7 Å². The van der Waals surface area contributed by atoms with Crippen molar-refractivity contribution in [1.29, 1.82) is 0 Å². The second kappa shape index (κ2) is 7.63. The molecule has 0 aliphatic carbocycles. The summed E-state index contributed by atoms with van der Waals surface area (Å²) in [7, 11) is 0. The zero-order chi connectivity index (χ0) is 20.4. The van der Waals surface area contributed by atoms with Gasteiger partial charge in [0.1, 0.15) is 0 Å². The molecule has 0 radical (unpaired) electrons. The fourth-order valence-corrected chi connectivity index (χ4v) is 4.12. The van der Waals surface area contributed by atoms with E-state index in [1.54, 1.807) is 53.4 Å². The van der Waals surface area contributed by atoms with Crippen LogP contribution in [0, 0.1) is 10.1 Å². The lowest BCUT2D eigenvalue weighted by Crippen LogP contribution is -2.65. The van der Waals surface area contributed by atoms with Gasteiger partial charge in [-0.05, 0) is 24.3 Å². The third-order valence-corrected chi connectivity index (χ3v) is 5.55. The van der Waals surface area contributed by atoms with Crippen molar-refractivity contribution in [3.8, 4) is 0 Å². The molecule has 2 atom stereocenters. The summed E-state index contributed by atoms with van der Waals surface area (Å²) in [6.45, 7) is 1.35. The fraction of sp³-hybridized carbons (Fsp3) is 0.333. The molecular formula is C21H22N4O4. The van der Waals surface area contributed by atoms with Crippen LogP contribution < -0.4 is 0 Å². The molecule has 0 saturated carbocycles. The predicted octanol–water partition coefficient (Wildman–Crippen LogP) is 1.57. The predicted molar refractivity (Wildman–Crippen MR) is 106 cm³/mol. The number of amides is 2. The van der Waals surface area contributed by atoms with Gasteiger partial charge in [0.15, 0.2) is 0 Å². The number of benzene rings is 2. The summed E-state index contributed by atoms with van der Waals surface area (Å²) < 4.78 is 0. The second-order valence-electron chi connectivity index (χ2n) is 7.64. The number of hydrogen-bond donors (Lipinski definition) is 0. The molecule has 8 heteroatoms. The molecule has 0 N–H and O–H groups in total. The Hall–Kier alpha value is -3.26. The van der Waals surface area contributed by atoms with Crippen LogP contribution in [0.3, 0.4) is 0 Å². The Labute approximate surface area is 168 Å². The van der Waals surface area contributed by atoms with Crippen LogP contribution in [0.5, 0.6) is 0 Å². The van der Waals surface area contributed by atoms with Gasteiger partial charge in [-0.3, -0.25) is 24.6 Å². The molecule has 4 rings (SSSR count). The van der Waals surface area contributed by atoms with E-state index in [-0.39, 0.29) is 36.4 Å². The van der Waals surface area contributed by atoms with Gasteiger partial charge in [0, 0.05) is 29.1 Å². The first-order chi connectivity index (χ1) is 14.0. The maximum atomic E-state index is 12.9. The molecule has 29 heavy (non-hydrogen) atoms. The van der Waals surface area contributed by atoms with Crippen molar-refractivity contribution in [2.75, 3.05) is 39.4 Å². The standard InChI is InChI=1S/C21H22N4O4/c26-19(17-7-3-1-4-8-17)23-12-11-22-13-21(14-23,25(28)29)15-24(16-22)20(27)18-9-5-2-6-10-18/h1-10H,11-16H2/t21-/m0/s1. The smallest absolute Gasteiger partial charge is 0.269 e. The van der Waals surface area contributed by atoms with E-state index < -0.39 is 5.54 Å². The molecule has 0 aromatic heterocycles. The van der Waals surface area contributed by atoms with Gasteiger partial charge in [-0.25, -0.2) is 0 Å². The fourth-order valence-electron chi connectivity index (χ4n) is 4.12. The molecule has 150 valence electrons. The molecule has 2 aliphatic heterocycles. The largest absolute Gasteiger partial charge is 0.330 e. The van der Waals surface area contributed by atoms with Gasteiger partial charge in [0.05, 0.1) is 26.3 Å². The number of fused-ring (bicyclic) bond motifs is 2. The highest BCUT2D eigenvalue weighted by Gasteiger charge is 2.53. The van der Waals surface area contributed by atoms with E-state index in [4.69, 9.17) is 0 Å². The van der Waals surface area contributed by atoms with Crippen LogP contribution in [-0.2, 0) is 0 Å². The maximum Gasteiger partial charge on any atom is 0.269 e. The lowest BCUT2D eigenvalue weighted by atomic mass is 9.95. The first-order valence-corrected chi connectivity index (χ1v) is 9.54. The Morgan fingerprint density at radius 2 is 1.31 bits per heavy atom. The summed E-state index contributed by atoms with van der Waals surface area (Å²) in [5.74, 6) is -0.453. The highest BCUT2D eigenvalue weighted by Crippen LogP contribution is 2.26. The van der Waals surface area contributed by atoms with Crippen molar-refractivity contribution in [1.82, 2.24) is 14.7 Å². The van der Waals surface area contributed by atoms with E-state index in [9.17, 15) is 19.7 Å². The van der Waals surface area contributed by atoms with Crippen molar-refractivity contribution in [3.05, 3.63) is 81.9 Å². The molecule has 2 bridgehead atoms. The van der Waals surface area contributed by atoms with Gasteiger partial charge in [-0.2, -0.15) is 0 Å². The lowest BCUT2D eigenvalue weighted by Gasteiger charge is -2.41. The Kier molecular flexibility index (Phi) is 5.02. The minimum absolute atomic E-state index is 0.0250. The van der Waals surface area contributed by atoms with Crippen molar-refractivity contribution < 1.29 is 14.5 Å². The van der Waals surface area contributed by atoms with E-state index in [0.29, 0.717) is 30.9 Å². The molecule has 2 saturated heterocycles.